The monoisotopic (exact) mass is 365 g/mol. The van der Waals surface area contributed by atoms with Crippen molar-refractivity contribution in [2.24, 2.45) is 5.92 Å². The fraction of sp³-hybridized carbons (Fsp3) is 0.706. The Kier molecular flexibility index (Phi) is 6.45. The Labute approximate surface area is 151 Å². The van der Waals surface area contributed by atoms with Crippen LogP contribution in [0.2, 0.25) is 0 Å². The zero-order valence-electron chi connectivity index (χ0n) is 15.2. The molecular formula is C17H27N5O4. The zero-order chi connectivity index (χ0) is 18.4. The number of anilines is 1. The maximum atomic E-state index is 12.2. The Hall–Kier alpha value is -2.13. The lowest BCUT2D eigenvalue weighted by Gasteiger charge is -2.09. The number of fused-ring (bicyclic) bond motifs is 1. The third-order valence-corrected chi connectivity index (χ3v) is 4.41. The number of nitrogens with two attached hydrogens (primary N) is 1. The Morgan fingerprint density at radius 1 is 1.35 bits per heavy atom. The summed E-state index contributed by atoms with van der Waals surface area (Å²) < 4.78 is 18.1. The van der Waals surface area contributed by atoms with Gasteiger partial charge in [0.1, 0.15) is 5.52 Å². The summed E-state index contributed by atoms with van der Waals surface area (Å²) in [7, 11) is 0. The number of nitrogen functional groups attached to an aromatic ring is 1. The van der Waals surface area contributed by atoms with Crippen LogP contribution in [0.4, 0.5) is 5.82 Å². The van der Waals surface area contributed by atoms with Crippen LogP contribution in [0, 0.1) is 5.92 Å². The first-order valence-corrected chi connectivity index (χ1v) is 9.23. The molecule has 1 fully saturated rings. The summed E-state index contributed by atoms with van der Waals surface area (Å²) in [4.78, 5) is 23.4. The highest BCUT2D eigenvalue weighted by Crippen LogP contribution is 2.18. The molecule has 0 unspecified atom stereocenters. The Balaban J connectivity index is 1.61. The summed E-state index contributed by atoms with van der Waals surface area (Å²) in [5, 5.41) is 0. The number of ether oxygens (including phenoxy) is 3. The average Bonchev–Trinajstić information content (AvgIpc) is 3.24. The molecule has 0 saturated carbocycles. The van der Waals surface area contributed by atoms with Crippen LogP contribution in [0.3, 0.4) is 0 Å². The minimum atomic E-state index is -0.254. The molecule has 2 aromatic rings. The molecule has 3 heterocycles. The normalized spacial score (nSPS) is 17.2. The van der Waals surface area contributed by atoms with Crippen molar-refractivity contribution in [2.75, 3.05) is 38.8 Å². The minimum Gasteiger partial charge on any atom is -0.463 e. The molecule has 1 aliphatic rings. The molecule has 144 valence electrons. The quantitative estimate of drug-likeness (QED) is 0.610. The second kappa shape index (κ2) is 9.00. The number of nitrogens with one attached hydrogen (secondary N) is 1. The van der Waals surface area contributed by atoms with E-state index < -0.39 is 0 Å². The first-order chi connectivity index (χ1) is 12.7. The van der Waals surface area contributed by atoms with Gasteiger partial charge < -0.3 is 24.9 Å². The lowest BCUT2D eigenvalue weighted by molar-refractivity contribution is 0.0864. The second-order valence-corrected chi connectivity index (χ2v) is 6.53. The number of aromatic amines is 1. The van der Waals surface area contributed by atoms with E-state index in [-0.39, 0.29) is 17.5 Å². The number of aromatic nitrogens is 4. The maximum absolute atomic E-state index is 12.2. The van der Waals surface area contributed by atoms with Gasteiger partial charge >= 0.3 is 11.7 Å². The number of hydrogen-bond donors (Lipinski definition) is 2. The SMILES string of the molecule is CCCCOc1nc(N)c2[nH]c(=O)n(CCCOC[C@@H]3CCOC3)c2n1. The largest absolute Gasteiger partial charge is 0.463 e. The molecule has 9 nitrogen and oxygen atoms in total. The fourth-order valence-electron chi connectivity index (χ4n) is 2.90. The molecule has 2 aromatic heterocycles. The highest BCUT2D eigenvalue weighted by molar-refractivity contribution is 5.81. The lowest BCUT2D eigenvalue weighted by atomic mass is 10.1. The molecule has 0 bridgehead atoms. The summed E-state index contributed by atoms with van der Waals surface area (Å²) in [5.41, 5.74) is 6.60. The molecule has 3 rings (SSSR count). The number of hydrogen-bond acceptors (Lipinski definition) is 7. The van der Waals surface area contributed by atoms with Crippen LogP contribution in [0.1, 0.15) is 32.6 Å². The van der Waals surface area contributed by atoms with Gasteiger partial charge in [-0.3, -0.25) is 4.57 Å². The second-order valence-electron chi connectivity index (χ2n) is 6.53. The number of H-pyrrole nitrogens is 1. The molecule has 1 saturated heterocycles. The molecule has 0 amide bonds. The van der Waals surface area contributed by atoms with E-state index in [0.717, 1.165) is 32.5 Å². The van der Waals surface area contributed by atoms with E-state index in [1.807, 2.05) is 0 Å². The van der Waals surface area contributed by atoms with E-state index in [1.54, 1.807) is 4.57 Å². The summed E-state index contributed by atoms with van der Waals surface area (Å²) >= 11 is 0. The van der Waals surface area contributed by atoms with E-state index in [4.69, 9.17) is 19.9 Å². The molecule has 3 N–H and O–H groups in total. The summed E-state index contributed by atoms with van der Waals surface area (Å²) in [6, 6.07) is 0.202. The average molecular weight is 365 g/mol. The van der Waals surface area contributed by atoms with Crippen molar-refractivity contribution in [3.63, 3.8) is 0 Å². The molecular weight excluding hydrogens is 338 g/mol. The first-order valence-electron chi connectivity index (χ1n) is 9.23. The summed E-state index contributed by atoms with van der Waals surface area (Å²) in [5.74, 6) is 0.705. The maximum Gasteiger partial charge on any atom is 0.327 e. The topological polar surface area (TPSA) is 117 Å². The number of rotatable bonds is 10. The van der Waals surface area contributed by atoms with Crippen molar-refractivity contribution < 1.29 is 14.2 Å². The van der Waals surface area contributed by atoms with E-state index in [2.05, 4.69) is 21.9 Å². The third-order valence-electron chi connectivity index (χ3n) is 4.41. The highest BCUT2D eigenvalue weighted by Gasteiger charge is 2.16. The third kappa shape index (κ3) is 4.53. The van der Waals surface area contributed by atoms with Crippen LogP contribution in [-0.4, -0.2) is 52.6 Å². The van der Waals surface area contributed by atoms with Crippen LogP contribution < -0.4 is 16.2 Å². The minimum absolute atomic E-state index is 0.202. The molecule has 0 radical (unpaired) electrons. The Morgan fingerprint density at radius 3 is 3.00 bits per heavy atom. The highest BCUT2D eigenvalue weighted by atomic mass is 16.5. The predicted molar refractivity (Wildman–Crippen MR) is 97.3 cm³/mol. The van der Waals surface area contributed by atoms with Gasteiger partial charge in [0.25, 0.3) is 0 Å². The molecule has 0 aliphatic carbocycles. The first kappa shape index (κ1) is 18.7. The lowest BCUT2D eigenvalue weighted by Crippen LogP contribution is -2.19. The molecule has 9 heteroatoms. The van der Waals surface area contributed by atoms with Gasteiger partial charge in [0.15, 0.2) is 11.5 Å². The van der Waals surface area contributed by atoms with Gasteiger partial charge in [0.2, 0.25) is 0 Å². The molecule has 1 aliphatic heterocycles. The van der Waals surface area contributed by atoms with Crippen molar-refractivity contribution >= 4 is 17.0 Å². The van der Waals surface area contributed by atoms with Crippen molar-refractivity contribution in [1.82, 2.24) is 19.5 Å². The molecule has 26 heavy (non-hydrogen) atoms. The van der Waals surface area contributed by atoms with Crippen molar-refractivity contribution in [2.45, 2.75) is 39.2 Å². The van der Waals surface area contributed by atoms with Crippen LogP contribution in [0.25, 0.3) is 11.2 Å². The Morgan fingerprint density at radius 2 is 2.23 bits per heavy atom. The van der Waals surface area contributed by atoms with E-state index >= 15 is 0 Å². The van der Waals surface area contributed by atoms with Crippen molar-refractivity contribution in [1.29, 1.82) is 0 Å². The van der Waals surface area contributed by atoms with Gasteiger partial charge in [-0.2, -0.15) is 9.97 Å². The van der Waals surface area contributed by atoms with Crippen molar-refractivity contribution in [3.05, 3.63) is 10.5 Å². The number of unbranched alkanes of at least 4 members (excludes halogenated alkanes) is 1. The van der Waals surface area contributed by atoms with Gasteiger partial charge in [-0.15, -0.1) is 0 Å². The van der Waals surface area contributed by atoms with E-state index in [1.165, 1.54) is 0 Å². The standard InChI is InChI=1S/C17H27N5O4/c1-2-3-8-26-16-20-14(18)13-15(21-16)22(17(23)19-13)6-4-7-24-10-12-5-9-25-11-12/h12H,2-11H2,1H3,(H,19,23)(H2,18,20,21)/t12-/m0/s1. The summed E-state index contributed by atoms with van der Waals surface area (Å²) in [6.07, 6.45) is 3.68. The van der Waals surface area contributed by atoms with Gasteiger partial charge in [0, 0.05) is 25.7 Å². The van der Waals surface area contributed by atoms with Crippen LogP contribution in [-0.2, 0) is 16.0 Å². The van der Waals surface area contributed by atoms with E-state index in [9.17, 15) is 4.79 Å². The van der Waals surface area contributed by atoms with Gasteiger partial charge in [0.05, 0.1) is 19.8 Å². The smallest absolute Gasteiger partial charge is 0.327 e. The zero-order valence-corrected chi connectivity index (χ0v) is 15.2. The number of imidazole rings is 1. The van der Waals surface area contributed by atoms with Crippen molar-refractivity contribution in [3.8, 4) is 6.01 Å². The predicted octanol–water partition coefficient (Wildman–Crippen LogP) is 1.32. The fourth-order valence-corrected chi connectivity index (χ4v) is 2.90. The van der Waals surface area contributed by atoms with Crippen LogP contribution in [0.5, 0.6) is 6.01 Å². The number of nitrogens with zero attached hydrogens (tertiary/aromatic N) is 3. The van der Waals surface area contributed by atoms with Gasteiger partial charge in [-0.05, 0) is 19.3 Å². The van der Waals surface area contributed by atoms with Gasteiger partial charge in [-0.25, -0.2) is 4.79 Å². The van der Waals surface area contributed by atoms with E-state index in [0.29, 0.717) is 49.9 Å². The molecule has 0 aromatic carbocycles. The van der Waals surface area contributed by atoms with Crippen LogP contribution in [0.15, 0.2) is 4.79 Å². The number of aryl methyl sites for hydroxylation is 1. The molecule has 0 spiro atoms. The Bertz CT molecular complexity index is 766. The summed E-state index contributed by atoms with van der Waals surface area (Å²) in [6.45, 7) is 5.97. The van der Waals surface area contributed by atoms with Crippen LogP contribution >= 0.6 is 0 Å². The van der Waals surface area contributed by atoms with Gasteiger partial charge in [-0.1, -0.05) is 13.3 Å². The molecule has 1 atom stereocenters.